The molecule has 0 unspecified atom stereocenters. The molecule has 0 amide bonds. The Labute approximate surface area is 102 Å². The lowest BCUT2D eigenvalue weighted by atomic mass is 10.2. The van der Waals surface area contributed by atoms with Gasteiger partial charge in [0.1, 0.15) is 0 Å². The molecular weight excluding hydrogens is 238 g/mol. The van der Waals surface area contributed by atoms with Crippen molar-refractivity contribution >= 4 is 22.4 Å². The normalized spacial score (nSPS) is 10.2. The minimum Gasteiger partial charge on any atom is -0.476 e. The average Bonchev–Trinajstić information content (AvgIpc) is 2.77. The van der Waals surface area contributed by atoms with E-state index < -0.39 is 5.97 Å². The van der Waals surface area contributed by atoms with Crippen molar-refractivity contribution < 1.29 is 9.90 Å². The predicted molar refractivity (Wildman–Crippen MR) is 65.4 cm³/mol. The number of carbonyl (C=O) groups is 1. The summed E-state index contributed by atoms with van der Waals surface area (Å²) in [4.78, 5) is 18.6. The van der Waals surface area contributed by atoms with Gasteiger partial charge < -0.3 is 10.4 Å². The van der Waals surface area contributed by atoms with Crippen LogP contribution in [-0.2, 0) is 6.54 Å². The summed E-state index contributed by atoms with van der Waals surface area (Å²) in [5.74, 6) is -1.01. The summed E-state index contributed by atoms with van der Waals surface area (Å²) in [7, 11) is 0. The van der Waals surface area contributed by atoms with E-state index in [0.29, 0.717) is 11.7 Å². The van der Waals surface area contributed by atoms with Crippen LogP contribution in [0.2, 0.25) is 0 Å². The van der Waals surface area contributed by atoms with Crippen molar-refractivity contribution in [2.75, 3.05) is 5.32 Å². The van der Waals surface area contributed by atoms with E-state index in [0.717, 1.165) is 11.1 Å². The summed E-state index contributed by atoms with van der Waals surface area (Å²) >= 11 is 1.28. The molecule has 88 valence electrons. The monoisotopic (exact) mass is 249 g/mol. The van der Waals surface area contributed by atoms with E-state index in [1.54, 1.807) is 12.4 Å². The van der Waals surface area contributed by atoms with E-state index in [2.05, 4.69) is 15.3 Å². The van der Waals surface area contributed by atoms with Crippen molar-refractivity contribution in [2.45, 2.75) is 13.5 Å². The molecule has 0 atom stereocenters. The van der Waals surface area contributed by atoms with Gasteiger partial charge in [-0.25, -0.2) is 9.78 Å². The molecule has 0 radical (unpaired) electrons. The van der Waals surface area contributed by atoms with E-state index in [1.807, 2.05) is 13.0 Å². The first kappa shape index (κ1) is 11.5. The predicted octanol–water partition coefficient (Wildman–Crippen LogP) is 2.16. The van der Waals surface area contributed by atoms with Gasteiger partial charge in [-0.3, -0.25) is 4.98 Å². The molecular formula is C11H11N3O2S. The molecule has 2 heterocycles. The van der Waals surface area contributed by atoms with Gasteiger partial charge in [0.2, 0.25) is 0 Å². The number of aromatic nitrogens is 2. The number of hydrogen-bond acceptors (Lipinski definition) is 5. The van der Waals surface area contributed by atoms with Crippen molar-refractivity contribution in [1.82, 2.24) is 9.97 Å². The Morgan fingerprint density at radius 1 is 1.59 bits per heavy atom. The first-order chi connectivity index (χ1) is 8.16. The van der Waals surface area contributed by atoms with Gasteiger partial charge in [-0.1, -0.05) is 0 Å². The SMILES string of the molecule is Cc1cnccc1CNc1nc(C(=O)O)cs1. The van der Waals surface area contributed by atoms with Crippen molar-refractivity contribution in [3.8, 4) is 0 Å². The van der Waals surface area contributed by atoms with E-state index in [9.17, 15) is 4.79 Å². The first-order valence-electron chi connectivity index (χ1n) is 4.99. The molecule has 0 saturated heterocycles. The van der Waals surface area contributed by atoms with Crippen molar-refractivity contribution in [3.05, 3.63) is 40.7 Å². The lowest BCUT2D eigenvalue weighted by Crippen LogP contribution is -2.02. The molecule has 5 nitrogen and oxygen atoms in total. The molecule has 0 spiro atoms. The second-order valence-corrected chi connectivity index (χ2v) is 4.36. The lowest BCUT2D eigenvalue weighted by Gasteiger charge is -2.05. The average molecular weight is 249 g/mol. The first-order valence-corrected chi connectivity index (χ1v) is 5.87. The molecule has 0 saturated carbocycles. The molecule has 17 heavy (non-hydrogen) atoms. The number of hydrogen-bond donors (Lipinski definition) is 2. The van der Waals surface area contributed by atoms with Crippen LogP contribution >= 0.6 is 11.3 Å². The summed E-state index contributed by atoms with van der Waals surface area (Å²) < 4.78 is 0. The van der Waals surface area contributed by atoms with Gasteiger partial charge in [-0.2, -0.15) is 0 Å². The van der Waals surface area contributed by atoms with E-state index in [-0.39, 0.29) is 5.69 Å². The highest BCUT2D eigenvalue weighted by atomic mass is 32.1. The zero-order chi connectivity index (χ0) is 12.3. The highest BCUT2D eigenvalue weighted by Crippen LogP contribution is 2.17. The third-order valence-electron chi connectivity index (χ3n) is 2.29. The molecule has 2 aromatic heterocycles. The van der Waals surface area contributed by atoms with Gasteiger partial charge in [0, 0.05) is 24.3 Å². The van der Waals surface area contributed by atoms with Gasteiger partial charge in [-0.05, 0) is 24.1 Å². The van der Waals surface area contributed by atoms with E-state index >= 15 is 0 Å². The number of aromatic carboxylic acids is 1. The van der Waals surface area contributed by atoms with Crippen LogP contribution in [0.15, 0.2) is 23.8 Å². The Morgan fingerprint density at radius 2 is 2.41 bits per heavy atom. The number of carboxylic acid groups (broad SMARTS) is 1. The standard InChI is InChI=1S/C11H11N3O2S/c1-7-4-12-3-2-8(7)5-13-11-14-9(6-17-11)10(15)16/h2-4,6H,5H2,1H3,(H,13,14)(H,15,16). The molecule has 0 aliphatic rings. The van der Waals surface area contributed by atoms with E-state index in [1.165, 1.54) is 16.7 Å². The molecule has 0 fully saturated rings. The summed E-state index contributed by atoms with van der Waals surface area (Å²) in [5, 5.41) is 14.0. The maximum absolute atomic E-state index is 10.7. The summed E-state index contributed by atoms with van der Waals surface area (Å²) in [6, 6.07) is 1.92. The molecule has 2 N–H and O–H groups in total. The van der Waals surface area contributed by atoms with Crippen LogP contribution in [0.4, 0.5) is 5.13 Å². The summed E-state index contributed by atoms with van der Waals surface area (Å²) in [6.07, 6.45) is 3.52. The third kappa shape index (κ3) is 2.79. The molecule has 6 heteroatoms. The Kier molecular flexibility index (Phi) is 3.34. The molecule has 0 aromatic carbocycles. The van der Waals surface area contributed by atoms with Crippen LogP contribution in [0.1, 0.15) is 21.6 Å². The Hall–Kier alpha value is -1.95. The number of anilines is 1. The minimum absolute atomic E-state index is 0.0731. The number of rotatable bonds is 4. The summed E-state index contributed by atoms with van der Waals surface area (Å²) in [5.41, 5.74) is 2.28. The fourth-order valence-electron chi connectivity index (χ4n) is 1.32. The highest BCUT2D eigenvalue weighted by Gasteiger charge is 2.08. The number of pyridine rings is 1. The molecule has 2 aromatic rings. The lowest BCUT2D eigenvalue weighted by molar-refractivity contribution is 0.0691. The maximum Gasteiger partial charge on any atom is 0.355 e. The van der Waals surface area contributed by atoms with Crippen LogP contribution in [0.25, 0.3) is 0 Å². The summed E-state index contributed by atoms with van der Waals surface area (Å²) in [6.45, 7) is 2.59. The molecule has 0 aliphatic heterocycles. The van der Waals surface area contributed by atoms with Crippen LogP contribution < -0.4 is 5.32 Å². The van der Waals surface area contributed by atoms with Gasteiger partial charge >= 0.3 is 5.97 Å². The number of thiazole rings is 1. The number of nitrogens with zero attached hydrogens (tertiary/aromatic N) is 2. The van der Waals surface area contributed by atoms with Gasteiger partial charge in [0.25, 0.3) is 0 Å². The van der Waals surface area contributed by atoms with Crippen LogP contribution in [0.3, 0.4) is 0 Å². The fourth-order valence-corrected chi connectivity index (χ4v) is 2.01. The van der Waals surface area contributed by atoms with Gasteiger partial charge in [-0.15, -0.1) is 11.3 Å². The highest BCUT2D eigenvalue weighted by molar-refractivity contribution is 7.13. The smallest absolute Gasteiger partial charge is 0.355 e. The van der Waals surface area contributed by atoms with Gasteiger partial charge in [0.15, 0.2) is 10.8 Å². The van der Waals surface area contributed by atoms with Crippen LogP contribution in [0, 0.1) is 6.92 Å². The minimum atomic E-state index is -1.01. The Balaban J connectivity index is 2.02. The van der Waals surface area contributed by atoms with Crippen molar-refractivity contribution in [3.63, 3.8) is 0 Å². The fraction of sp³-hybridized carbons (Fsp3) is 0.182. The molecule has 0 bridgehead atoms. The van der Waals surface area contributed by atoms with E-state index in [4.69, 9.17) is 5.11 Å². The van der Waals surface area contributed by atoms with Crippen molar-refractivity contribution in [2.24, 2.45) is 0 Å². The Bertz CT molecular complexity index is 539. The zero-order valence-corrected chi connectivity index (χ0v) is 9.99. The topological polar surface area (TPSA) is 75.1 Å². The molecule has 2 rings (SSSR count). The quantitative estimate of drug-likeness (QED) is 0.868. The second kappa shape index (κ2) is 4.92. The van der Waals surface area contributed by atoms with Gasteiger partial charge in [0.05, 0.1) is 0 Å². The number of aryl methyl sites for hydroxylation is 1. The van der Waals surface area contributed by atoms with Crippen molar-refractivity contribution in [1.29, 1.82) is 0 Å². The zero-order valence-electron chi connectivity index (χ0n) is 9.17. The molecule has 0 aliphatic carbocycles. The number of carboxylic acids is 1. The van der Waals surface area contributed by atoms with Crippen LogP contribution in [0.5, 0.6) is 0 Å². The third-order valence-corrected chi connectivity index (χ3v) is 3.09. The Morgan fingerprint density at radius 3 is 3.06 bits per heavy atom. The number of nitrogens with one attached hydrogen (secondary N) is 1. The second-order valence-electron chi connectivity index (χ2n) is 3.50. The van der Waals surface area contributed by atoms with Crippen LogP contribution in [-0.4, -0.2) is 21.0 Å². The maximum atomic E-state index is 10.7. The largest absolute Gasteiger partial charge is 0.476 e.